The lowest BCUT2D eigenvalue weighted by atomic mass is 9.93. The Morgan fingerprint density at radius 3 is 2.57 bits per heavy atom. The predicted octanol–water partition coefficient (Wildman–Crippen LogP) is 0.190. The molecule has 0 aromatic rings. The topological polar surface area (TPSA) is 55.4 Å². The molecular formula is C9H19NO3S. The summed E-state index contributed by atoms with van der Waals surface area (Å²) in [6, 6.07) is 0.675. The summed E-state index contributed by atoms with van der Waals surface area (Å²) in [4.78, 5) is 0. The van der Waals surface area contributed by atoms with Crippen LogP contribution in [0.2, 0.25) is 0 Å². The second-order valence-corrected chi connectivity index (χ2v) is 6.08. The van der Waals surface area contributed by atoms with Gasteiger partial charge in [0.1, 0.15) is 9.84 Å². The molecule has 0 amide bonds. The van der Waals surface area contributed by atoms with Crippen LogP contribution in [0.1, 0.15) is 19.3 Å². The highest BCUT2D eigenvalue weighted by Gasteiger charge is 2.15. The van der Waals surface area contributed by atoms with E-state index >= 15 is 0 Å². The Morgan fingerprint density at radius 1 is 1.36 bits per heavy atom. The maximum absolute atomic E-state index is 10.7. The molecule has 0 radical (unpaired) electrons. The molecule has 1 N–H and O–H groups in total. The zero-order chi connectivity index (χ0) is 10.4. The molecule has 0 heterocycles. The summed E-state index contributed by atoms with van der Waals surface area (Å²) in [7, 11) is -2.87. The fraction of sp³-hybridized carbons (Fsp3) is 1.00. The van der Waals surface area contributed by atoms with Gasteiger partial charge in [0.2, 0.25) is 0 Å². The van der Waals surface area contributed by atoms with E-state index in [0.29, 0.717) is 19.3 Å². The highest BCUT2D eigenvalue weighted by molar-refractivity contribution is 7.90. The monoisotopic (exact) mass is 221 g/mol. The molecular weight excluding hydrogens is 202 g/mol. The Balaban J connectivity index is 1.84. The molecule has 1 fully saturated rings. The number of rotatable bonds is 7. The van der Waals surface area contributed by atoms with Crippen molar-refractivity contribution in [2.75, 3.05) is 31.8 Å². The molecule has 0 unspecified atom stereocenters. The quantitative estimate of drug-likeness (QED) is 0.624. The summed E-state index contributed by atoms with van der Waals surface area (Å²) in [5, 5.41) is 3.34. The van der Waals surface area contributed by atoms with Gasteiger partial charge in [-0.15, -0.1) is 0 Å². The van der Waals surface area contributed by atoms with Gasteiger partial charge in [-0.1, -0.05) is 6.42 Å². The Labute approximate surface area is 85.9 Å². The molecule has 0 aliphatic heterocycles. The second-order valence-electron chi connectivity index (χ2n) is 3.82. The average Bonchev–Trinajstić information content (AvgIpc) is 1.97. The number of sulfone groups is 1. The molecule has 84 valence electrons. The maximum atomic E-state index is 10.7. The Kier molecular flexibility index (Phi) is 4.84. The molecule has 4 nitrogen and oxygen atoms in total. The van der Waals surface area contributed by atoms with Crippen molar-refractivity contribution in [3.05, 3.63) is 0 Å². The molecule has 1 saturated carbocycles. The molecule has 0 spiro atoms. The van der Waals surface area contributed by atoms with Gasteiger partial charge >= 0.3 is 0 Å². The minimum absolute atomic E-state index is 0.121. The van der Waals surface area contributed by atoms with E-state index in [2.05, 4.69) is 5.32 Å². The Hall–Kier alpha value is -0.130. The van der Waals surface area contributed by atoms with Crippen LogP contribution in [0.4, 0.5) is 0 Å². The molecule has 5 heteroatoms. The SMILES string of the molecule is CS(=O)(=O)CCOCCNC1CCC1. The van der Waals surface area contributed by atoms with E-state index in [0.717, 1.165) is 6.54 Å². The first-order valence-corrected chi connectivity index (χ1v) is 7.13. The molecule has 1 aliphatic carbocycles. The molecule has 14 heavy (non-hydrogen) atoms. The van der Waals surface area contributed by atoms with Gasteiger partial charge in [-0.25, -0.2) is 8.42 Å². The Bertz CT molecular complexity index is 247. The number of hydrogen-bond donors (Lipinski definition) is 1. The minimum Gasteiger partial charge on any atom is -0.379 e. The van der Waals surface area contributed by atoms with Crippen LogP contribution in [0.5, 0.6) is 0 Å². The largest absolute Gasteiger partial charge is 0.379 e. The van der Waals surface area contributed by atoms with Crippen LogP contribution in [-0.4, -0.2) is 46.2 Å². The first-order valence-electron chi connectivity index (χ1n) is 5.07. The lowest BCUT2D eigenvalue weighted by Gasteiger charge is -2.26. The third-order valence-electron chi connectivity index (χ3n) is 2.38. The fourth-order valence-corrected chi connectivity index (χ4v) is 1.68. The zero-order valence-electron chi connectivity index (χ0n) is 8.66. The molecule has 1 aliphatic rings. The van der Waals surface area contributed by atoms with Gasteiger partial charge in [0.15, 0.2) is 0 Å². The second kappa shape index (κ2) is 5.68. The summed E-state index contributed by atoms with van der Waals surface area (Å²) in [5.74, 6) is 0.121. The zero-order valence-corrected chi connectivity index (χ0v) is 9.48. The van der Waals surface area contributed by atoms with Gasteiger partial charge < -0.3 is 10.1 Å². The third kappa shape index (κ3) is 5.57. The van der Waals surface area contributed by atoms with Gasteiger partial charge in [-0.05, 0) is 12.8 Å². The van der Waals surface area contributed by atoms with Crippen molar-refractivity contribution in [2.24, 2.45) is 0 Å². The van der Waals surface area contributed by atoms with Gasteiger partial charge in [-0.3, -0.25) is 0 Å². The summed E-state index contributed by atoms with van der Waals surface area (Å²) < 4.78 is 26.7. The summed E-state index contributed by atoms with van der Waals surface area (Å²) >= 11 is 0. The van der Waals surface area contributed by atoms with Crippen LogP contribution < -0.4 is 5.32 Å². The molecule has 0 aromatic carbocycles. The molecule has 1 rings (SSSR count). The van der Waals surface area contributed by atoms with Crippen LogP contribution in [0.25, 0.3) is 0 Å². The van der Waals surface area contributed by atoms with Crippen LogP contribution >= 0.6 is 0 Å². The van der Waals surface area contributed by atoms with Crippen molar-refractivity contribution in [3.8, 4) is 0 Å². The number of nitrogens with one attached hydrogen (secondary N) is 1. The number of hydrogen-bond acceptors (Lipinski definition) is 4. The first kappa shape index (κ1) is 11.9. The van der Waals surface area contributed by atoms with Gasteiger partial charge in [0.05, 0.1) is 19.0 Å². The fourth-order valence-electron chi connectivity index (χ4n) is 1.26. The van der Waals surface area contributed by atoms with Crippen molar-refractivity contribution < 1.29 is 13.2 Å². The molecule has 0 bridgehead atoms. The van der Waals surface area contributed by atoms with Gasteiger partial charge in [-0.2, -0.15) is 0 Å². The van der Waals surface area contributed by atoms with Crippen LogP contribution in [0.15, 0.2) is 0 Å². The van der Waals surface area contributed by atoms with E-state index < -0.39 is 9.84 Å². The summed E-state index contributed by atoms with van der Waals surface area (Å²) in [6.45, 7) is 1.74. The smallest absolute Gasteiger partial charge is 0.149 e. The van der Waals surface area contributed by atoms with E-state index in [1.54, 1.807) is 0 Å². The van der Waals surface area contributed by atoms with Crippen molar-refractivity contribution in [2.45, 2.75) is 25.3 Å². The maximum Gasteiger partial charge on any atom is 0.149 e. The molecule has 0 aromatic heterocycles. The van der Waals surface area contributed by atoms with Crippen molar-refractivity contribution in [3.63, 3.8) is 0 Å². The minimum atomic E-state index is -2.87. The summed E-state index contributed by atoms with van der Waals surface area (Å²) in [6.07, 6.45) is 5.09. The Morgan fingerprint density at radius 2 is 2.07 bits per heavy atom. The average molecular weight is 221 g/mol. The van der Waals surface area contributed by atoms with Crippen LogP contribution in [0, 0.1) is 0 Å². The molecule has 0 atom stereocenters. The molecule has 0 saturated heterocycles. The van der Waals surface area contributed by atoms with Crippen LogP contribution in [-0.2, 0) is 14.6 Å². The van der Waals surface area contributed by atoms with E-state index in [9.17, 15) is 8.42 Å². The lowest BCUT2D eigenvalue weighted by molar-refractivity contribution is 0.144. The van der Waals surface area contributed by atoms with Gasteiger partial charge in [0, 0.05) is 18.8 Å². The summed E-state index contributed by atoms with van der Waals surface area (Å²) in [5.41, 5.74) is 0. The third-order valence-corrected chi connectivity index (χ3v) is 3.29. The van der Waals surface area contributed by atoms with E-state index in [4.69, 9.17) is 4.74 Å². The van der Waals surface area contributed by atoms with E-state index in [1.165, 1.54) is 25.5 Å². The van der Waals surface area contributed by atoms with Gasteiger partial charge in [0.25, 0.3) is 0 Å². The standard InChI is InChI=1S/C9H19NO3S/c1-14(11,12)8-7-13-6-5-10-9-3-2-4-9/h9-10H,2-8H2,1H3. The normalized spacial score (nSPS) is 18.1. The highest BCUT2D eigenvalue weighted by atomic mass is 32.2. The van der Waals surface area contributed by atoms with Crippen molar-refractivity contribution >= 4 is 9.84 Å². The van der Waals surface area contributed by atoms with E-state index in [1.807, 2.05) is 0 Å². The van der Waals surface area contributed by atoms with E-state index in [-0.39, 0.29) is 5.75 Å². The number of ether oxygens (including phenoxy) is 1. The van der Waals surface area contributed by atoms with Crippen LogP contribution in [0.3, 0.4) is 0 Å². The van der Waals surface area contributed by atoms with Crippen molar-refractivity contribution in [1.29, 1.82) is 0 Å². The predicted molar refractivity (Wildman–Crippen MR) is 56.2 cm³/mol. The van der Waals surface area contributed by atoms with Crippen molar-refractivity contribution in [1.82, 2.24) is 5.32 Å². The first-order chi connectivity index (χ1) is 6.58. The lowest BCUT2D eigenvalue weighted by Crippen LogP contribution is -2.37. The highest BCUT2D eigenvalue weighted by Crippen LogP contribution is 2.17.